The minimum absolute atomic E-state index is 0.0169. The molecule has 0 aromatic carbocycles. The van der Waals surface area contributed by atoms with Crippen molar-refractivity contribution in [1.82, 2.24) is 0 Å². The number of hydrogen-bond donors (Lipinski definition) is 1. The fraction of sp³-hybridized carbons (Fsp3) is 0.607. The average molecular weight is 939 g/mol. The smallest absolute Gasteiger partial charge is 0.462 e. The number of unbranched alkanes of at least 4 members (excludes halogenated alkanes) is 10. The SMILES string of the molecule is CC/C=C\C/C=C\C/C=C\C/C=C\C/C=C\C/C=C\C/C=C\CCCCCCCC(=O)OC(COC(=O)CCCCCCC/C=C\C/C=C\C/C=C\CC)COP(=O)(O)OCC[N+](C)(C)C. The van der Waals surface area contributed by atoms with E-state index in [1.165, 1.54) is 0 Å². The van der Waals surface area contributed by atoms with Crippen LogP contribution in [0, 0.1) is 0 Å². The number of allylic oxidation sites excluding steroid dienone is 20. The number of carbonyl (C=O) groups excluding carboxylic acids is 2. The van der Waals surface area contributed by atoms with Crippen LogP contribution in [0.3, 0.4) is 0 Å². The van der Waals surface area contributed by atoms with Crippen molar-refractivity contribution in [2.75, 3.05) is 47.5 Å². The summed E-state index contributed by atoms with van der Waals surface area (Å²) in [6.07, 6.45) is 65.4. The number of likely N-dealkylation sites (N-methyl/N-ethyl adjacent to an activating group) is 1. The van der Waals surface area contributed by atoms with E-state index in [0.717, 1.165) is 128 Å². The molecule has 0 aliphatic rings. The molecule has 2 atom stereocenters. The van der Waals surface area contributed by atoms with Gasteiger partial charge in [-0.3, -0.25) is 18.6 Å². The van der Waals surface area contributed by atoms with Crippen LogP contribution >= 0.6 is 7.82 Å². The lowest BCUT2D eigenvalue weighted by Crippen LogP contribution is -2.37. The zero-order valence-corrected chi connectivity index (χ0v) is 43.0. The summed E-state index contributed by atoms with van der Waals surface area (Å²) in [5.74, 6) is -0.853. The van der Waals surface area contributed by atoms with Crippen molar-refractivity contribution in [1.29, 1.82) is 0 Å². The molecule has 0 aromatic heterocycles. The van der Waals surface area contributed by atoms with E-state index >= 15 is 0 Å². The Labute approximate surface area is 403 Å². The summed E-state index contributed by atoms with van der Waals surface area (Å²) in [5, 5.41) is 0. The maximum Gasteiger partial charge on any atom is 0.472 e. The third kappa shape index (κ3) is 49.8. The van der Waals surface area contributed by atoms with E-state index in [9.17, 15) is 19.0 Å². The molecule has 0 amide bonds. The number of rotatable bonds is 44. The number of nitrogens with zero attached hydrogens (tertiary/aromatic N) is 1. The van der Waals surface area contributed by atoms with E-state index in [4.69, 9.17) is 18.5 Å². The topological polar surface area (TPSA) is 108 Å². The molecule has 0 heterocycles. The zero-order chi connectivity index (χ0) is 48.5. The van der Waals surface area contributed by atoms with Gasteiger partial charge in [-0.2, -0.15) is 0 Å². The predicted octanol–water partition coefficient (Wildman–Crippen LogP) is 15.2. The third-order valence-corrected chi connectivity index (χ3v) is 11.0. The van der Waals surface area contributed by atoms with Gasteiger partial charge in [-0.1, -0.05) is 174 Å². The van der Waals surface area contributed by atoms with Crippen LogP contribution in [0.15, 0.2) is 122 Å². The van der Waals surface area contributed by atoms with Crippen molar-refractivity contribution in [3.8, 4) is 0 Å². The Hall–Kier alpha value is -3.59. The van der Waals surface area contributed by atoms with Gasteiger partial charge in [0.2, 0.25) is 0 Å². The van der Waals surface area contributed by atoms with Gasteiger partial charge in [0.25, 0.3) is 0 Å². The summed E-state index contributed by atoms with van der Waals surface area (Å²) in [6, 6.07) is 0. The lowest BCUT2D eigenvalue weighted by Gasteiger charge is -2.24. The number of quaternary nitrogens is 1. The largest absolute Gasteiger partial charge is 0.472 e. The molecule has 1 N–H and O–H groups in total. The predicted molar refractivity (Wildman–Crippen MR) is 279 cm³/mol. The van der Waals surface area contributed by atoms with Crippen molar-refractivity contribution in [3.05, 3.63) is 122 Å². The Morgan fingerprint density at radius 3 is 1.21 bits per heavy atom. The highest BCUT2D eigenvalue weighted by Gasteiger charge is 2.27. The highest BCUT2D eigenvalue weighted by Crippen LogP contribution is 2.43. The minimum atomic E-state index is -4.40. The highest BCUT2D eigenvalue weighted by atomic mass is 31.2. The third-order valence-electron chi connectivity index (χ3n) is 9.99. The molecule has 0 fully saturated rings. The van der Waals surface area contributed by atoms with E-state index in [0.29, 0.717) is 23.9 Å². The van der Waals surface area contributed by atoms with Crippen molar-refractivity contribution in [2.24, 2.45) is 0 Å². The molecular formula is C56H93NO8P+. The number of esters is 2. The Bertz CT molecular complexity index is 1530. The second kappa shape index (κ2) is 46.5. The maximum absolute atomic E-state index is 12.8. The second-order valence-corrected chi connectivity index (χ2v) is 18.9. The average Bonchev–Trinajstić information content (AvgIpc) is 3.27. The molecule has 66 heavy (non-hydrogen) atoms. The maximum atomic E-state index is 12.8. The molecule has 10 heteroatoms. The molecule has 0 spiro atoms. The van der Waals surface area contributed by atoms with Crippen LogP contribution < -0.4 is 0 Å². The van der Waals surface area contributed by atoms with E-state index in [1.54, 1.807) is 0 Å². The lowest BCUT2D eigenvalue weighted by atomic mass is 10.1. The fourth-order valence-electron chi connectivity index (χ4n) is 6.12. The van der Waals surface area contributed by atoms with Crippen molar-refractivity contribution < 1.29 is 42.1 Å². The molecule has 2 unspecified atom stereocenters. The summed E-state index contributed by atoms with van der Waals surface area (Å²) in [6.45, 7) is 4.13. The number of phosphoric ester groups is 1. The number of hydrogen-bond acceptors (Lipinski definition) is 7. The molecule has 374 valence electrons. The van der Waals surface area contributed by atoms with Crippen LogP contribution in [0.25, 0.3) is 0 Å². The van der Waals surface area contributed by atoms with Gasteiger partial charge in [-0.25, -0.2) is 4.57 Å². The Kier molecular flexibility index (Phi) is 44.0. The molecule has 0 aromatic rings. The normalized spacial score (nSPS) is 14.5. The lowest BCUT2D eigenvalue weighted by molar-refractivity contribution is -0.870. The number of phosphoric acid groups is 1. The molecule has 0 aliphatic heterocycles. The monoisotopic (exact) mass is 939 g/mol. The quantitative estimate of drug-likeness (QED) is 0.0212. The van der Waals surface area contributed by atoms with E-state index in [1.807, 2.05) is 21.1 Å². The summed E-state index contributed by atoms with van der Waals surface area (Å²) in [4.78, 5) is 35.5. The zero-order valence-electron chi connectivity index (χ0n) is 42.1. The molecule has 0 radical (unpaired) electrons. The fourth-order valence-corrected chi connectivity index (χ4v) is 6.87. The van der Waals surface area contributed by atoms with Gasteiger partial charge >= 0.3 is 19.8 Å². The highest BCUT2D eigenvalue weighted by molar-refractivity contribution is 7.47. The Balaban J connectivity index is 4.34. The van der Waals surface area contributed by atoms with Crippen LogP contribution in [-0.4, -0.2) is 74.9 Å². The van der Waals surface area contributed by atoms with Gasteiger partial charge in [-0.05, 0) is 103 Å². The second-order valence-electron chi connectivity index (χ2n) is 17.4. The van der Waals surface area contributed by atoms with Crippen LogP contribution in [0.5, 0.6) is 0 Å². The van der Waals surface area contributed by atoms with Gasteiger partial charge in [0.15, 0.2) is 6.10 Å². The first-order valence-corrected chi connectivity index (χ1v) is 26.8. The standard InChI is InChI=1S/C56H92NO8P/c1-6-8-10-12-14-16-18-20-22-23-24-25-26-27-28-29-30-31-32-33-35-37-39-41-43-45-47-49-56(59)65-54(53-64-66(60,61)63-51-50-57(3,4)5)52-62-55(58)48-46-44-42-40-38-36-34-21-19-17-15-13-11-9-7-2/h8-11,14-17,20-22,24-25,27-28,30-31,33-35,54H,6-7,12-13,18-19,23,26,29,32,36-53H2,1-5H3/p+1/b10-8-,11-9-,16-14-,17-15-,22-20-,25-24-,28-27-,31-30-,34-21-,35-33-. The van der Waals surface area contributed by atoms with Crippen LogP contribution in [0.2, 0.25) is 0 Å². The van der Waals surface area contributed by atoms with Gasteiger partial charge in [0.05, 0.1) is 27.7 Å². The molecular weight excluding hydrogens is 846 g/mol. The first-order chi connectivity index (χ1) is 32.0. The Morgan fingerprint density at radius 2 is 0.818 bits per heavy atom. The molecule has 0 bridgehead atoms. The number of carbonyl (C=O) groups is 2. The summed E-state index contributed by atoms with van der Waals surface area (Å²) < 4.78 is 34.4. The van der Waals surface area contributed by atoms with Gasteiger partial charge in [0, 0.05) is 12.8 Å². The van der Waals surface area contributed by atoms with E-state index in [-0.39, 0.29) is 26.1 Å². The molecule has 0 saturated heterocycles. The molecule has 9 nitrogen and oxygen atoms in total. The van der Waals surface area contributed by atoms with Crippen molar-refractivity contribution in [2.45, 2.75) is 174 Å². The first kappa shape index (κ1) is 62.4. The van der Waals surface area contributed by atoms with Crippen molar-refractivity contribution in [3.63, 3.8) is 0 Å². The van der Waals surface area contributed by atoms with Gasteiger partial charge in [-0.15, -0.1) is 0 Å². The summed E-state index contributed by atoms with van der Waals surface area (Å²) in [7, 11) is 1.43. The first-order valence-electron chi connectivity index (χ1n) is 25.3. The van der Waals surface area contributed by atoms with Crippen molar-refractivity contribution >= 4 is 19.8 Å². The molecule has 0 saturated carbocycles. The molecule has 0 aliphatic carbocycles. The van der Waals surface area contributed by atoms with E-state index < -0.39 is 32.5 Å². The number of ether oxygens (including phenoxy) is 2. The Morgan fingerprint density at radius 1 is 0.470 bits per heavy atom. The van der Waals surface area contributed by atoms with Crippen LogP contribution in [0.1, 0.15) is 168 Å². The summed E-state index contributed by atoms with van der Waals surface area (Å²) in [5.41, 5.74) is 0. The van der Waals surface area contributed by atoms with E-state index in [2.05, 4.69) is 135 Å². The minimum Gasteiger partial charge on any atom is -0.462 e. The van der Waals surface area contributed by atoms with Crippen LogP contribution in [-0.2, 0) is 32.7 Å². The van der Waals surface area contributed by atoms with Crippen LogP contribution in [0.4, 0.5) is 0 Å². The van der Waals surface area contributed by atoms with Gasteiger partial charge < -0.3 is 18.9 Å². The summed E-state index contributed by atoms with van der Waals surface area (Å²) >= 11 is 0. The molecule has 0 rings (SSSR count). The van der Waals surface area contributed by atoms with Gasteiger partial charge in [0.1, 0.15) is 19.8 Å².